The summed E-state index contributed by atoms with van der Waals surface area (Å²) in [4.78, 5) is 1.49. The highest BCUT2D eigenvalue weighted by atomic mass is 32.2. The van der Waals surface area contributed by atoms with Crippen molar-refractivity contribution in [1.29, 1.82) is 0 Å². The zero-order valence-electron chi connectivity index (χ0n) is 7.58. The molecular weight excluding hydrogens is 164 g/mol. The second kappa shape index (κ2) is 3.14. The van der Waals surface area contributed by atoms with Gasteiger partial charge in [-0.15, -0.1) is 11.8 Å². The van der Waals surface area contributed by atoms with E-state index in [0.717, 1.165) is 11.2 Å². The average molecular weight is 178 g/mol. The lowest BCUT2D eigenvalue weighted by Crippen LogP contribution is -2.17. The molecule has 1 heterocycles. The van der Waals surface area contributed by atoms with E-state index in [1.165, 1.54) is 16.9 Å². The summed E-state index contributed by atoms with van der Waals surface area (Å²) in [6.07, 6.45) is 1.25. The van der Waals surface area contributed by atoms with Gasteiger partial charge >= 0.3 is 0 Å². The van der Waals surface area contributed by atoms with Crippen LogP contribution in [-0.2, 0) is 6.42 Å². The van der Waals surface area contributed by atoms with Crippen LogP contribution in [0.15, 0.2) is 29.2 Å². The minimum atomic E-state index is 0.778. The van der Waals surface area contributed by atoms with Crippen LogP contribution in [0.1, 0.15) is 19.4 Å². The van der Waals surface area contributed by atoms with Gasteiger partial charge in [0.05, 0.1) is 0 Å². The van der Waals surface area contributed by atoms with E-state index >= 15 is 0 Å². The zero-order chi connectivity index (χ0) is 8.55. The van der Waals surface area contributed by atoms with Gasteiger partial charge in [-0.3, -0.25) is 0 Å². The van der Waals surface area contributed by atoms with Crippen molar-refractivity contribution in [2.24, 2.45) is 5.92 Å². The average Bonchev–Trinajstić information content (AvgIpc) is 2.07. The van der Waals surface area contributed by atoms with Crippen molar-refractivity contribution in [3.05, 3.63) is 29.8 Å². The highest BCUT2D eigenvalue weighted by molar-refractivity contribution is 8.00. The Hall–Kier alpha value is -0.430. The molecule has 0 N–H and O–H groups in total. The lowest BCUT2D eigenvalue weighted by Gasteiger charge is -2.27. The molecule has 0 bridgehead atoms. The Kier molecular flexibility index (Phi) is 2.14. The molecule has 1 heteroatoms. The number of fused-ring (bicyclic) bond motifs is 1. The van der Waals surface area contributed by atoms with Crippen LogP contribution in [0.2, 0.25) is 0 Å². The van der Waals surface area contributed by atoms with E-state index in [4.69, 9.17) is 0 Å². The second-order valence-electron chi connectivity index (χ2n) is 3.61. The van der Waals surface area contributed by atoms with Crippen molar-refractivity contribution in [2.75, 3.05) is 0 Å². The van der Waals surface area contributed by atoms with Gasteiger partial charge in [0.2, 0.25) is 0 Å². The van der Waals surface area contributed by atoms with E-state index in [-0.39, 0.29) is 0 Å². The Bertz CT molecular complexity index is 251. The largest absolute Gasteiger partial charge is 0.122 e. The molecule has 2 rings (SSSR count). The highest BCUT2D eigenvalue weighted by Gasteiger charge is 2.21. The summed E-state index contributed by atoms with van der Waals surface area (Å²) in [6.45, 7) is 4.67. The summed E-state index contributed by atoms with van der Waals surface area (Å²) < 4.78 is 0. The molecule has 0 amide bonds. The van der Waals surface area contributed by atoms with Crippen LogP contribution in [0, 0.1) is 5.92 Å². The van der Waals surface area contributed by atoms with Crippen LogP contribution in [0.5, 0.6) is 0 Å². The molecule has 0 aromatic heterocycles. The summed E-state index contributed by atoms with van der Waals surface area (Å²) in [5, 5.41) is 0.778. The Morgan fingerprint density at radius 2 is 2.00 bits per heavy atom. The zero-order valence-corrected chi connectivity index (χ0v) is 8.40. The van der Waals surface area contributed by atoms with E-state index in [9.17, 15) is 0 Å². The number of hydrogen-bond acceptors (Lipinski definition) is 1. The molecule has 1 aliphatic rings. The van der Waals surface area contributed by atoms with Crippen LogP contribution in [0.3, 0.4) is 0 Å². The van der Waals surface area contributed by atoms with Crippen LogP contribution in [-0.4, -0.2) is 5.25 Å². The first kappa shape index (κ1) is 8.18. The Balaban J connectivity index is 2.34. The van der Waals surface area contributed by atoms with Crippen LogP contribution in [0.25, 0.3) is 0 Å². The van der Waals surface area contributed by atoms with Crippen LogP contribution in [0.4, 0.5) is 0 Å². The standard InChI is InChI=1S/C11H14S/c1-8-7-10-5-3-4-6-11(10)12-9(8)2/h3-6,8-9H,7H2,1-2H3. The fourth-order valence-electron chi connectivity index (χ4n) is 1.62. The molecule has 0 radical (unpaired) electrons. The number of hydrogen-bond donors (Lipinski definition) is 0. The fraction of sp³-hybridized carbons (Fsp3) is 0.455. The SMILES string of the molecule is CC1Cc2ccccc2SC1C. The normalized spacial score (nSPS) is 28.2. The third-order valence-electron chi connectivity index (χ3n) is 2.63. The summed E-state index contributed by atoms with van der Waals surface area (Å²) in [5.41, 5.74) is 1.54. The van der Waals surface area contributed by atoms with Gasteiger partial charge in [0.15, 0.2) is 0 Å². The van der Waals surface area contributed by atoms with Crippen LogP contribution < -0.4 is 0 Å². The van der Waals surface area contributed by atoms with Gasteiger partial charge in [-0.1, -0.05) is 32.0 Å². The van der Waals surface area contributed by atoms with Gasteiger partial charge in [-0.2, -0.15) is 0 Å². The fourth-order valence-corrected chi connectivity index (χ4v) is 2.81. The molecule has 12 heavy (non-hydrogen) atoms. The Morgan fingerprint density at radius 3 is 2.83 bits per heavy atom. The first-order valence-corrected chi connectivity index (χ1v) is 5.40. The van der Waals surface area contributed by atoms with Crippen molar-refractivity contribution in [3.63, 3.8) is 0 Å². The summed E-state index contributed by atoms with van der Waals surface area (Å²) in [6, 6.07) is 8.77. The van der Waals surface area contributed by atoms with Crippen molar-refractivity contribution in [1.82, 2.24) is 0 Å². The molecule has 1 aromatic rings. The molecule has 2 unspecified atom stereocenters. The Morgan fingerprint density at radius 1 is 1.25 bits per heavy atom. The van der Waals surface area contributed by atoms with E-state index < -0.39 is 0 Å². The maximum Gasteiger partial charge on any atom is 0.0107 e. The molecule has 0 spiro atoms. The van der Waals surface area contributed by atoms with Gasteiger partial charge in [-0.25, -0.2) is 0 Å². The minimum Gasteiger partial charge on any atom is -0.122 e. The number of benzene rings is 1. The third kappa shape index (κ3) is 1.38. The van der Waals surface area contributed by atoms with Gasteiger partial charge in [0.25, 0.3) is 0 Å². The lowest BCUT2D eigenvalue weighted by molar-refractivity contribution is 0.559. The maximum atomic E-state index is 2.34. The molecule has 0 aliphatic carbocycles. The molecule has 1 aliphatic heterocycles. The molecule has 0 saturated heterocycles. The monoisotopic (exact) mass is 178 g/mol. The summed E-state index contributed by atoms with van der Waals surface area (Å²) >= 11 is 2.02. The molecule has 64 valence electrons. The summed E-state index contributed by atoms with van der Waals surface area (Å²) in [5.74, 6) is 0.824. The van der Waals surface area contributed by atoms with Crippen molar-refractivity contribution in [3.8, 4) is 0 Å². The quantitative estimate of drug-likeness (QED) is 0.587. The Labute approximate surface area is 78.4 Å². The molecule has 1 aromatic carbocycles. The third-order valence-corrected chi connectivity index (χ3v) is 4.12. The lowest BCUT2D eigenvalue weighted by atomic mass is 9.98. The predicted molar refractivity (Wildman–Crippen MR) is 54.6 cm³/mol. The van der Waals surface area contributed by atoms with Gasteiger partial charge in [0.1, 0.15) is 0 Å². The van der Waals surface area contributed by atoms with Gasteiger partial charge in [-0.05, 0) is 24.0 Å². The maximum absolute atomic E-state index is 2.34. The molecular formula is C11H14S. The molecule has 0 saturated carbocycles. The number of thioether (sulfide) groups is 1. The van der Waals surface area contributed by atoms with Crippen molar-refractivity contribution < 1.29 is 0 Å². The smallest absolute Gasteiger partial charge is 0.0107 e. The first-order valence-electron chi connectivity index (χ1n) is 4.52. The van der Waals surface area contributed by atoms with Crippen LogP contribution >= 0.6 is 11.8 Å². The van der Waals surface area contributed by atoms with E-state index in [1.807, 2.05) is 11.8 Å². The predicted octanol–water partition coefficient (Wildman–Crippen LogP) is 3.36. The number of rotatable bonds is 0. The van der Waals surface area contributed by atoms with E-state index in [1.54, 1.807) is 0 Å². The molecule has 0 fully saturated rings. The topological polar surface area (TPSA) is 0 Å². The van der Waals surface area contributed by atoms with E-state index in [0.29, 0.717) is 0 Å². The van der Waals surface area contributed by atoms with Gasteiger partial charge < -0.3 is 0 Å². The molecule has 2 atom stereocenters. The first-order chi connectivity index (χ1) is 5.77. The van der Waals surface area contributed by atoms with Crippen molar-refractivity contribution in [2.45, 2.75) is 30.4 Å². The highest BCUT2D eigenvalue weighted by Crippen LogP contribution is 2.37. The van der Waals surface area contributed by atoms with Crippen molar-refractivity contribution >= 4 is 11.8 Å². The summed E-state index contributed by atoms with van der Waals surface area (Å²) in [7, 11) is 0. The molecule has 0 nitrogen and oxygen atoms in total. The minimum absolute atomic E-state index is 0.778. The van der Waals surface area contributed by atoms with Gasteiger partial charge in [0, 0.05) is 10.1 Å². The second-order valence-corrected chi connectivity index (χ2v) is 5.03. The van der Waals surface area contributed by atoms with E-state index in [2.05, 4.69) is 38.1 Å².